The van der Waals surface area contributed by atoms with Crippen molar-refractivity contribution in [1.29, 1.82) is 0 Å². The largest absolute Gasteiger partial charge is 0.311 e. The molecule has 94 valence electrons. The summed E-state index contributed by atoms with van der Waals surface area (Å²) in [5.41, 5.74) is 1.26. The summed E-state index contributed by atoms with van der Waals surface area (Å²) in [6.07, 6.45) is 2.67. The molecular formula is C14H21ClN2. The van der Waals surface area contributed by atoms with Gasteiger partial charge in [-0.15, -0.1) is 0 Å². The van der Waals surface area contributed by atoms with Crippen molar-refractivity contribution < 1.29 is 0 Å². The Kier molecular flexibility index (Phi) is 4.84. The highest BCUT2D eigenvalue weighted by Crippen LogP contribution is 2.16. The average Bonchev–Trinajstić information content (AvgIpc) is 2.77. The monoisotopic (exact) mass is 252 g/mol. The number of hydrogen-bond donors (Lipinski definition) is 1. The molecule has 1 aromatic rings. The fourth-order valence-corrected chi connectivity index (χ4v) is 2.79. The van der Waals surface area contributed by atoms with Gasteiger partial charge in [-0.05, 0) is 43.6 Å². The molecule has 2 nitrogen and oxygen atoms in total. The number of benzene rings is 1. The van der Waals surface area contributed by atoms with Crippen LogP contribution in [0.25, 0.3) is 0 Å². The fraction of sp³-hybridized carbons (Fsp3) is 0.571. The van der Waals surface area contributed by atoms with E-state index in [0.29, 0.717) is 0 Å². The summed E-state index contributed by atoms with van der Waals surface area (Å²) < 4.78 is 0. The summed E-state index contributed by atoms with van der Waals surface area (Å²) >= 11 is 5.96. The van der Waals surface area contributed by atoms with Crippen molar-refractivity contribution in [3.05, 3.63) is 34.9 Å². The van der Waals surface area contributed by atoms with Crippen LogP contribution in [-0.4, -0.2) is 30.6 Å². The summed E-state index contributed by atoms with van der Waals surface area (Å²) in [7, 11) is 0. The highest BCUT2D eigenvalue weighted by atomic mass is 35.5. The van der Waals surface area contributed by atoms with E-state index >= 15 is 0 Å². The SMILES string of the molecule is CCN1CCC[C@@H]1CNCc1cccc(Cl)c1. The van der Waals surface area contributed by atoms with Crippen LogP contribution in [0.15, 0.2) is 24.3 Å². The van der Waals surface area contributed by atoms with Crippen LogP contribution in [0, 0.1) is 0 Å². The van der Waals surface area contributed by atoms with Crippen LogP contribution >= 0.6 is 11.6 Å². The molecule has 1 aliphatic rings. The van der Waals surface area contributed by atoms with Crippen LogP contribution in [0.2, 0.25) is 5.02 Å². The Morgan fingerprint density at radius 3 is 3.12 bits per heavy atom. The molecule has 0 bridgehead atoms. The lowest BCUT2D eigenvalue weighted by Crippen LogP contribution is -2.37. The van der Waals surface area contributed by atoms with E-state index in [9.17, 15) is 0 Å². The summed E-state index contributed by atoms with van der Waals surface area (Å²) in [6, 6.07) is 8.79. The molecule has 3 heteroatoms. The predicted octanol–water partition coefficient (Wildman–Crippen LogP) is 2.91. The van der Waals surface area contributed by atoms with E-state index in [2.05, 4.69) is 23.2 Å². The van der Waals surface area contributed by atoms with Gasteiger partial charge in [0.05, 0.1) is 0 Å². The summed E-state index contributed by atoms with van der Waals surface area (Å²) in [6.45, 7) is 6.67. The molecule has 1 aromatic carbocycles. The summed E-state index contributed by atoms with van der Waals surface area (Å²) in [5.74, 6) is 0. The van der Waals surface area contributed by atoms with E-state index in [1.807, 2.05) is 18.2 Å². The van der Waals surface area contributed by atoms with Crippen molar-refractivity contribution in [2.45, 2.75) is 32.4 Å². The van der Waals surface area contributed by atoms with Gasteiger partial charge in [0, 0.05) is 24.2 Å². The molecule has 1 aliphatic heterocycles. The number of hydrogen-bond acceptors (Lipinski definition) is 2. The van der Waals surface area contributed by atoms with Gasteiger partial charge < -0.3 is 5.32 Å². The van der Waals surface area contributed by atoms with Crippen molar-refractivity contribution in [1.82, 2.24) is 10.2 Å². The van der Waals surface area contributed by atoms with Crippen LogP contribution < -0.4 is 5.32 Å². The first-order valence-electron chi connectivity index (χ1n) is 6.49. The second-order valence-electron chi connectivity index (χ2n) is 4.69. The Hall–Kier alpha value is -0.570. The molecule has 0 aromatic heterocycles. The number of likely N-dealkylation sites (N-methyl/N-ethyl adjacent to an activating group) is 1. The maximum Gasteiger partial charge on any atom is 0.0409 e. The van der Waals surface area contributed by atoms with Gasteiger partial charge in [-0.1, -0.05) is 30.7 Å². The lowest BCUT2D eigenvalue weighted by atomic mass is 10.2. The molecule has 17 heavy (non-hydrogen) atoms. The predicted molar refractivity (Wildman–Crippen MR) is 73.4 cm³/mol. The smallest absolute Gasteiger partial charge is 0.0409 e. The third-order valence-electron chi connectivity index (χ3n) is 3.50. The van der Waals surface area contributed by atoms with Crippen LogP contribution in [-0.2, 0) is 6.54 Å². The third-order valence-corrected chi connectivity index (χ3v) is 3.74. The quantitative estimate of drug-likeness (QED) is 0.867. The Bertz CT molecular complexity index is 354. The van der Waals surface area contributed by atoms with Gasteiger partial charge in [0.2, 0.25) is 0 Å². The van der Waals surface area contributed by atoms with Gasteiger partial charge in [-0.3, -0.25) is 4.90 Å². The first-order valence-corrected chi connectivity index (χ1v) is 6.86. The first kappa shape index (κ1) is 12.9. The van der Waals surface area contributed by atoms with Gasteiger partial charge >= 0.3 is 0 Å². The van der Waals surface area contributed by atoms with Crippen molar-refractivity contribution >= 4 is 11.6 Å². The minimum Gasteiger partial charge on any atom is -0.311 e. The molecule has 1 fully saturated rings. The highest BCUT2D eigenvalue weighted by molar-refractivity contribution is 6.30. The molecule has 1 N–H and O–H groups in total. The van der Waals surface area contributed by atoms with Crippen LogP contribution in [0.4, 0.5) is 0 Å². The Morgan fingerprint density at radius 1 is 1.47 bits per heavy atom. The molecule has 0 spiro atoms. The minimum absolute atomic E-state index is 0.721. The van der Waals surface area contributed by atoms with Crippen molar-refractivity contribution in [2.75, 3.05) is 19.6 Å². The minimum atomic E-state index is 0.721. The van der Waals surface area contributed by atoms with Gasteiger partial charge in [0.1, 0.15) is 0 Å². The molecule has 0 aliphatic carbocycles. The van der Waals surface area contributed by atoms with Crippen LogP contribution in [0.3, 0.4) is 0 Å². The second-order valence-corrected chi connectivity index (χ2v) is 5.12. The third kappa shape index (κ3) is 3.70. The number of likely N-dealkylation sites (tertiary alicyclic amines) is 1. The summed E-state index contributed by atoms with van der Waals surface area (Å²) in [4.78, 5) is 2.56. The maximum absolute atomic E-state index is 5.96. The van der Waals surface area contributed by atoms with Crippen LogP contribution in [0.1, 0.15) is 25.3 Å². The van der Waals surface area contributed by atoms with E-state index in [-0.39, 0.29) is 0 Å². The fourth-order valence-electron chi connectivity index (χ4n) is 2.57. The van der Waals surface area contributed by atoms with Crippen molar-refractivity contribution in [3.8, 4) is 0 Å². The van der Waals surface area contributed by atoms with E-state index in [4.69, 9.17) is 11.6 Å². The molecule has 2 rings (SSSR count). The molecule has 0 unspecified atom stereocenters. The maximum atomic E-state index is 5.96. The summed E-state index contributed by atoms with van der Waals surface area (Å²) in [5, 5.41) is 4.35. The first-order chi connectivity index (χ1) is 8.29. The van der Waals surface area contributed by atoms with Crippen molar-refractivity contribution in [3.63, 3.8) is 0 Å². The number of nitrogens with one attached hydrogen (secondary N) is 1. The topological polar surface area (TPSA) is 15.3 Å². The number of rotatable bonds is 5. The zero-order valence-corrected chi connectivity index (χ0v) is 11.2. The zero-order valence-electron chi connectivity index (χ0n) is 10.5. The Morgan fingerprint density at radius 2 is 2.35 bits per heavy atom. The van der Waals surface area contributed by atoms with Gasteiger partial charge in [0.15, 0.2) is 0 Å². The standard InChI is InChI=1S/C14H21ClN2/c1-2-17-8-4-7-14(17)11-16-10-12-5-3-6-13(15)9-12/h3,5-6,9,14,16H,2,4,7-8,10-11H2,1H3/t14-/m1/s1. The van der Waals surface area contributed by atoms with Crippen LogP contribution in [0.5, 0.6) is 0 Å². The molecule has 0 radical (unpaired) electrons. The van der Waals surface area contributed by atoms with Crippen molar-refractivity contribution in [2.24, 2.45) is 0 Å². The second kappa shape index (κ2) is 6.39. The molecule has 1 heterocycles. The van der Waals surface area contributed by atoms with Gasteiger partial charge in [-0.25, -0.2) is 0 Å². The highest BCUT2D eigenvalue weighted by Gasteiger charge is 2.21. The van der Waals surface area contributed by atoms with E-state index < -0.39 is 0 Å². The van der Waals surface area contributed by atoms with E-state index in [0.717, 1.165) is 24.2 Å². The van der Waals surface area contributed by atoms with E-state index in [1.165, 1.54) is 31.5 Å². The Balaban J connectivity index is 1.76. The van der Waals surface area contributed by atoms with Gasteiger partial charge in [-0.2, -0.15) is 0 Å². The average molecular weight is 253 g/mol. The van der Waals surface area contributed by atoms with Gasteiger partial charge in [0.25, 0.3) is 0 Å². The molecule has 0 saturated carbocycles. The number of halogens is 1. The molecule has 0 amide bonds. The zero-order chi connectivity index (χ0) is 12.1. The molecule has 1 saturated heterocycles. The Labute approximate surface area is 109 Å². The normalized spacial score (nSPS) is 20.9. The van der Waals surface area contributed by atoms with E-state index in [1.54, 1.807) is 0 Å². The lowest BCUT2D eigenvalue weighted by Gasteiger charge is -2.23. The molecule has 1 atom stereocenters. The lowest BCUT2D eigenvalue weighted by molar-refractivity contribution is 0.260. The number of nitrogens with zero attached hydrogens (tertiary/aromatic N) is 1. The molecular weight excluding hydrogens is 232 g/mol.